The normalized spacial score (nSPS) is 11.9. The van der Waals surface area contributed by atoms with Crippen LogP contribution in [-0.4, -0.2) is 39.0 Å². The number of hydrogen-bond acceptors (Lipinski definition) is 10. The van der Waals surface area contributed by atoms with Crippen molar-refractivity contribution in [2.75, 3.05) is 0 Å². The zero-order valence-corrected chi connectivity index (χ0v) is 60.9. The summed E-state index contributed by atoms with van der Waals surface area (Å²) in [4.78, 5) is 31.2. The van der Waals surface area contributed by atoms with Crippen molar-refractivity contribution in [1.29, 1.82) is 0 Å². The van der Waals surface area contributed by atoms with E-state index in [1.807, 2.05) is 97.1 Å². The standard InChI is InChI=1S/2C51H30N4O2/c1-3-13-31(14-4-1)32-15-11-16-33(27-32)49-52-50(34-25-26-45-40(28-34)37-20-8-10-23-44(37)56-45)54-51(53-49)38-21-12-24-46-48(38)41-29-43-39(30-47(41)57-46)36-19-7-9-22-42(36)55(43)35-17-5-2-6-18-35;1-3-12-31(13-4-1)32-22-24-33(25-23-32)49-52-50(34-26-27-45-40(28-34)37-17-8-10-20-44(37)56-45)54-51(53-49)38-18-11-21-46-48(38)41-29-43-39(30-47(41)57-46)36-16-7-9-19-42(36)55(43)35-14-5-2-6-15-35/h2*1-30H. The summed E-state index contributed by atoms with van der Waals surface area (Å²) in [5.74, 6) is 3.45. The number of rotatable bonds is 10. The summed E-state index contributed by atoms with van der Waals surface area (Å²) in [6.45, 7) is 0. The van der Waals surface area contributed by atoms with Crippen LogP contribution in [0.2, 0.25) is 0 Å². The molecule has 532 valence electrons. The van der Waals surface area contributed by atoms with Crippen LogP contribution in [0.15, 0.2) is 382 Å². The van der Waals surface area contributed by atoms with E-state index in [4.69, 9.17) is 47.6 Å². The molecule has 0 amide bonds. The summed E-state index contributed by atoms with van der Waals surface area (Å²) in [5, 5.41) is 12.6. The van der Waals surface area contributed by atoms with Crippen LogP contribution in [-0.2, 0) is 0 Å². The van der Waals surface area contributed by atoms with Gasteiger partial charge in [0.1, 0.15) is 44.7 Å². The van der Waals surface area contributed by atoms with Crippen LogP contribution in [0.4, 0.5) is 0 Å². The maximum absolute atomic E-state index is 6.67. The molecule has 0 atom stereocenters. The van der Waals surface area contributed by atoms with Crippen LogP contribution in [0.25, 0.3) is 233 Å². The molecule has 12 heteroatoms. The third-order valence-corrected chi connectivity index (χ3v) is 22.1. The molecule has 16 aromatic carbocycles. The van der Waals surface area contributed by atoms with Crippen LogP contribution < -0.4 is 0 Å². The van der Waals surface area contributed by atoms with Gasteiger partial charge in [0.2, 0.25) is 0 Å². The Kier molecular flexibility index (Phi) is 14.7. The molecule has 0 aliphatic carbocycles. The van der Waals surface area contributed by atoms with E-state index in [-0.39, 0.29) is 0 Å². The van der Waals surface area contributed by atoms with Gasteiger partial charge in [0.15, 0.2) is 34.9 Å². The highest BCUT2D eigenvalue weighted by Crippen LogP contribution is 2.46. The molecule has 8 heterocycles. The first-order valence-electron chi connectivity index (χ1n) is 38.0. The number of aromatic nitrogens is 8. The summed E-state index contributed by atoms with van der Waals surface area (Å²) < 4.78 is 30.4. The van der Waals surface area contributed by atoms with Gasteiger partial charge in [0.25, 0.3) is 0 Å². The van der Waals surface area contributed by atoms with Crippen molar-refractivity contribution >= 4 is 131 Å². The topological polar surface area (TPSA) is 140 Å². The minimum Gasteiger partial charge on any atom is -0.456 e. The molecule has 0 saturated carbocycles. The fourth-order valence-electron chi connectivity index (χ4n) is 16.8. The van der Waals surface area contributed by atoms with Crippen molar-refractivity contribution in [3.05, 3.63) is 364 Å². The minimum absolute atomic E-state index is 0.564. The average molecular weight is 1460 g/mol. The molecule has 12 nitrogen and oxygen atoms in total. The molecule has 0 radical (unpaired) electrons. The van der Waals surface area contributed by atoms with Crippen molar-refractivity contribution in [3.8, 4) is 102 Å². The van der Waals surface area contributed by atoms with E-state index >= 15 is 0 Å². The Balaban J connectivity index is 0.000000135. The smallest absolute Gasteiger partial charge is 0.164 e. The SMILES string of the molecule is c1ccc(-c2ccc(-c3nc(-c4ccc5oc6ccccc6c5c4)nc(-c4cccc5oc6cc7c8ccccc8n(-c8ccccc8)c7cc6c45)n3)cc2)cc1.c1ccc(-c2cccc(-c3nc(-c4ccc5oc6ccccc6c5c4)nc(-c4cccc5oc6cc7c8ccccc8n(-c8ccccc8)c7cc6c45)n3)c2)cc1. The quantitative estimate of drug-likeness (QED) is 0.130. The molecule has 8 aromatic heterocycles. The Morgan fingerprint density at radius 2 is 0.491 bits per heavy atom. The third-order valence-electron chi connectivity index (χ3n) is 22.1. The van der Waals surface area contributed by atoms with E-state index in [1.165, 1.54) is 10.8 Å². The second-order valence-electron chi connectivity index (χ2n) is 28.8. The fourth-order valence-corrected chi connectivity index (χ4v) is 16.8. The molecule has 0 aliphatic heterocycles. The van der Waals surface area contributed by atoms with E-state index in [2.05, 4.69) is 276 Å². The predicted molar refractivity (Wildman–Crippen MR) is 461 cm³/mol. The molecular formula is C102H60N8O4. The second-order valence-corrected chi connectivity index (χ2v) is 28.8. The largest absolute Gasteiger partial charge is 0.456 e. The van der Waals surface area contributed by atoms with Gasteiger partial charge in [-0.3, -0.25) is 0 Å². The van der Waals surface area contributed by atoms with Gasteiger partial charge in [-0.15, -0.1) is 0 Å². The summed E-state index contributed by atoms with van der Waals surface area (Å²) >= 11 is 0. The number of fused-ring (bicyclic) bond motifs is 18. The van der Waals surface area contributed by atoms with Crippen LogP contribution >= 0.6 is 0 Å². The van der Waals surface area contributed by atoms with Crippen LogP contribution in [0.3, 0.4) is 0 Å². The molecule has 24 aromatic rings. The third kappa shape index (κ3) is 10.7. The van der Waals surface area contributed by atoms with Gasteiger partial charge in [0, 0.05) is 109 Å². The monoisotopic (exact) mass is 1460 g/mol. The zero-order valence-electron chi connectivity index (χ0n) is 60.9. The van der Waals surface area contributed by atoms with Crippen molar-refractivity contribution in [2.45, 2.75) is 0 Å². The second kappa shape index (κ2) is 26.0. The molecule has 114 heavy (non-hydrogen) atoms. The highest BCUT2D eigenvalue weighted by Gasteiger charge is 2.25. The van der Waals surface area contributed by atoms with Crippen LogP contribution in [0.1, 0.15) is 0 Å². The van der Waals surface area contributed by atoms with Gasteiger partial charge in [-0.25, -0.2) is 29.9 Å². The first kappa shape index (κ1) is 64.3. The Hall–Kier alpha value is -15.7. The first-order valence-corrected chi connectivity index (χ1v) is 38.0. The summed E-state index contributed by atoms with van der Waals surface area (Å²) in [7, 11) is 0. The minimum atomic E-state index is 0.564. The maximum Gasteiger partial charge on any atom is 0.164 e. The summed E-state index contributed by atoms with van der Waals surface area (Å²) in [6.07, 6.45) is 0. The van der Waals surface area contributed by atoms with Gasteiger partial charge < -0.3 is 26.8 Å². The fraction of sp³-hybridized carbons (Fsp3) is 0. The predicted octanol–water partition coefficient (Wildman–Crippen LogP) is 26.9. The summed E-state index contributed by atoms with van der Waals surface area (Å²) in [5.41, 5.74) is 22.9. The zero-order chi connectivity index (χ0) is 74.9. The molecule has 0 N–H and O–H groups in total. The number of nitrogens with zero attached hydrogens (tertiary/aromatic N) is 8. The highest BCUT2D eigenvalue weighted by molar-refractivity contribution is 6.22. The lowest BCUT2D eigenvalue weighted by atomic mass is 10.0. The van der Waals surface area contributed by atoms with Gasteiger partial charge in [-0.05, 0) is 150 Å². The van der Waals surface area contributed by atoms with Gasteiger partial charge >= 0.3 is 0 Å². The molecule has 24 rings (SSSR count). The van der Waals surface area contributed by atoms with E-state index in [9.17, 15) is 0 Å². The lowest BCUT2D eigenvalue weighted by molar-refractivity contribution is 0.668. The number of hydrogen-bond donors (Lipinski definition) is 0. The van der Waals surface area contributed by atoms with Crippen molar-refractivity contribution in [3.63, 3.8) is 0 Å². The first-order chi connectivity index (χ1) is 56.5. The van der Waals surface area contributed by atoms with Gasteiger partial charge in [0.05, 0.1) is 22.1 Å². The lowest BCUT2D eigenvalue weighted by Crippen LogP contribution is -2.00. The molecular weight excluding hydrogens is 1400 g/mol. The van der Waals surface area contributed by atoms with E-state index in [0.717, 1.165) is 188 Å². The van der Waals surface area contributed by atoms with Gasteiger partial charge in [-0.2, -0.15) is 0 Å². The average Bonchev–Trinajstić information content (AvgIpc) is 1.52. The van der Waals surface area contributed by atoms with Crippen molar-refractivity contribution < 1.29 is 17.7 Å². The summed E-state index contributed by atoms with van der Waals surface area (Å²) in [6, 6.07) is 125. The number of para-hydroxylation sites is 6. The van der Waals surface area contributed by atoms with E-state index in [1.54, 1.807) is 0 Å². The van der Waals surface area contributed by atoms with Crippen molar-refractivity contribution in [2.24, 2.45) is 0 Å². The van der Waals surface area contributed by atoms with E-state index < -0.39 is 0 Å². The Morgan fingerprint density at radius 1 is 0.167 bits per heavy atom. The van der Waals surface area contributed by atoms with Crippen LogP contribution in [0, 0.1) is 0 Å². The molecule has 0 spiro atoms. The number of furan rings is 4. The van der Waals surface area contributed by atoms with Gasteiger partial charge in [-0.1, -0.05) is 237 Å². The number of benzene rings is 16. The van der Waals surface area contributed by atoms with Crippen molar-refractivity contribution in [1.82, 2.24) is 39.0 Å². The lowest BCUT2D eigenvalue weighted by Gasteiger charge is -2.11. The van der Waals surface area contributed by atoms with Crippen LogP contribution in [0.5, 0.6) is 0 Å². The highest BCUT2D eigenvalue weighted by atomic mass is 16.3. The Labute approximate surface area is 650 Å². The molecule has 0 fully saturated rings. The molecule has 0 saturated heterocycles. The molecule has 0 aliphatic rings. The van der Waals surface area contributed by atoms with E-state index in [0.29, 0.717) is 34.9 Å². The Morgan fingerprint density at radius 3 is 0.974 bits per heavy atom. The molecule has 0 bridgehead atoms. The molecule has 0 unspecified atom stereocenters. The Bertz CT molecular complexity index is 7980. The maximum atomic E-state index is 6.67.